The van der Waals surface area contributed by atoms with Crippen LogP contribution in [0.4, 0.5) is 5.69 Å². The number of aliphatic carboxylic acids is 1. The standard InChI is InChI=1S/C10H13NO2/c1-7-3-8(2)5-9(4-7)11-6-10(12)13/h3-5,11H,6H2,1-2H3,(H,12,13). The van der Waals surface area contributed by atoms with Crippen molar-refractivity contribution in [2.24, 2.45) is 0 Å². The van der Waals surface area contributed by atoms with Gasteiger partial charge in [0.05, 0.1) is 0 Å². The van der Waals surface area contributed by atoms with Crippen LogP contribution in [0.15, 0.2) is 18.2 Å². The molecular weight excluding hydrogens is 166 g/mol. The Kier molecular flexibility index (Phi) is 2.90. The van der Waals surface area contributed by atoms with Crippen molar-refractivity contribution in [1.29, 1.82) is 0 Å². The summed E-state index contributed by atoms with van der Waals surface area (Å²) in [7, 11) is 0. The summed E-state index contributed by atoms with van der Waals surface area (Å²) >= 11 is 0. The zero-order valence-corrected chi connectivity index (χ0v) is 7.79. The van der Waals surface area contributed by atoms with E-state index in [0.717, 1.165) is 16.8 Å². The van der Waals surface area contributed by atoms with Crippen LogP contribution in [0, 0.1) is 13.8 Å². The number of aryl methyl sites for hydroxylation is 2. The van der Waals surface area contributed by atoms with E-state index in [1.807, 2.05) is 32.0 Å². The first-order valence-corrected chi connectivity index (χ1v) is 4.12. The third-order valence-corrected chi connectivity index (χ3v) is 1.67. The van der Waals surface area contributed by atoms with Gasteiger partial charge in [-0.1, -0.05) is 6.07 Å². The van der Waals surface area contributed by atoms with Crippen LogP contribution >= 0.6 is 0 Å². The molecule has 0 amide bonds. The number of hydrogen-bond donors (Lipinski definition) is 2. The van der Waals surface area contributed by atoms with Crippen LogP contribution < -0.4 is 5.32 Å². The largest absolute Gasteiger partial charge is 0.480 e. The molecule has 0 spiro atoms. The molecule has 0 heterocycles. The second-order valence-corrected chi connectivity index (χ2v) is 3.12. The maximum absolute atomic E-state index is 10.3. The molecule has 13 heavy (non-hydrogen) atoms. The quantitative estimate of drug-likeness (QED) is 0.743. The summed E-state index contributed by atoms with van der Waals surface area (Å²) in [6.45, 7) is 3.93. The smallest absolute Gasteiger partial charge is 0.322 e. The predicted octanol–water partition coefficient (Wildman–Crippen LogP) is 1.80. The van der Waals surface area contributed by atoms with Crippen LogP contribution in [0.1, 0.15) is 11.1 Å². The molecule has 0 aliphatic carbocycles. The molecule has 1 rings (SSSR count). The molecule has 0 saturated heterocycles. The van der Waals surface area contributed by atoms with Crippen LogP contribution in [0.25, 0.3) is 0 Å². The van der Waals surface area contributed by atoms with Gasteiger partial charge < -0.3 is 10.4 Å². The fourth-order valence-corrected chi connectivity index (χ4v) is 1.25. The summed E-state index contributed by atoms with van der Waals surface area (Å²) in [6.07, 6.45) is 0. The van der Waals surface area contributed by atoms with Crippen molar-refractivity contribution in [3.63, 3.8) is 0 Å². The molecule has 1 aromatic carbocycles. The highest BCUT2D eigenvalue weighted by Crippen LogP contribution is 2.12. The summed E-state index contributed by atoms with van der Waals surface area (Å²) in [4.78, 5) is 10.3. The number of anilines is 1. The van der Waals surface area contributed by atoms with E-state index in [0.29, 0.717) is 0 Å². The molecule has 1 aromatic rings. The van der Waals surface area contributed by atoms with Gasteiger partial charge in [0.15, 0.2) is 0 Å². The molecule has 0 aliphatic heterocycles. The number of nitrogens with one attached hydrogen (secondary N) is 1. The summed E-state index contributed by atoms with van der Waals surface area (Å²) < 4.78 is 0. The highest BCUT2D eigenvalue weighted by atomic mass is 16.4. The van der Waals surface area contributed by atoms with E-state index in [4.69, 9.17) is 5.11 Å². The Morgan fingerprint density at radius 3 is 2.31 bits per heavy atom. The lowest BCUT2D eigenvalue weighted by atomic mass is 10.1. The molecule has 3 heteroatoms. The van der Waals surface area contributed by atoms with Crippen LogP contribution in [-0.4, -0.2) is 17.6 Å². The number of benzene rings is 1. The Hall–Kier alpha value is -1.51. The summed E-state index contributed by atoms with van der Waals surface area (Å²) in [6, 6.07) is 5.90. The zero-order chi connectivity index (χ0) is 9.84. The predicted molar refractivity (Wildman–Crippen MR) is 52.0 cm³/mol. The second kappa shape index (κ2) is 3.94. The fourth-order valence-electron chi connectivity index (χ4n) is 1.25. The third-order valence-electron chi connectivity index (χ3n) is 1.67. The van der Waals surface area contributed by atoms with E-state index in [9.17, 15) is 4.79 Å². The molecular formula is C10H13NO2. The van der Waals surface area contributed by atoms with Crippen molar-refractivity contribution in [1.82, 2.24) is 0 Å². The molecule has 0 unspecified atom stereocenters. The maximum atomic E-state index is 10.3. The zero-order valence-electron chi connectivity index (χ0n) is 7.79. The molecule has 0 aliphatic rings. The number of carbonyl (C=O) groups is 1. The fraction of sp³-hybridized carbons (Fsp3) is 0.300. The molecule has 0 radical (unpaired) electrons. The number of hydrogen-bond acceptors (Lipinski definition) is 2. The molecule has 0 fully saturated rings. The Morgan fingerprint density at radius 2 is 1.85 bits per heavy atom. The first-order valence-electron chi connectivity index (χ1n) is 4.12. The van der Waals surface area contributed by atoms with Crippen molar-refractivity contribution in [3.8, 4) is 0 Å². The molecule has 0 saturated carbocycles. The lowest BCUT2D eigenvalue weighted by molar-refractivity contribution is -0.134. The van der Waals surface area contributed by atoms with Gasteiger partial charge in [-0.2, -0.15) is 0 Å². The minimum Gasteiger partial charge on any atom is -0.480 e. The maximum Gasteiger partial charge on any atom is 0.322 e. The van der Waals surface area contributed by atoms with Gasteiger partial charge in [-0.15, -0.1) is 0 Å². The van der Waals surface area contributed by atoms with Gasteiger partial charge in [-0.05, 0) is 37.1 Å². The molecule has 70 valence electrons. The Morgan fingerprint density at radius 1 is 1.31 bits per heavy atom. The van der Waals surface area contributed by atoms with Gasteiger partial charge in [0.1, 0.15) is 6.54 Å². The first-order chi connectivity index (χ1) is 6.08. The van der Waals surface area contributed by atoms with E-state index < -0.39 is 5.97 Å². The molecule has 0 aromatic heterocycles. The third kappa shape index (κ3) is 3.15. The van der Waals surface area contributed by atoms with Gasteiger partial charge in [0.25, 0.3) is 0 Å². The molecule has 0 bridgehead atoms. The lowest BCUT2D eigenvalue weighted by Crippen LogP contribution is -2.12. The number of rotatable bonds is 3. The minimum atomic E-state index is -0.848. The van der Waals surface area contributed by atoms with Crippen molar-refractivity contribution in [3.05, 3.63) is 29.3 Å². The SMILES string of the molecule is Cc1cc(C)cc(NCC(=O)O)c1. The van der Waals surface area contributed by atoms with Crippen molar-refractivity contribution in [2.75, 3.05) is 11.9 Å². The van der Waals surface area contributed by atoms with Gasteiger partial charge >= 0.3 is 5.97 Å². The normalized spacial score (nSPS) is 9.69. The van der Waals surface area contributed by atoms with E-state index in [-0.39, 0.29) is 6.54 Å². The van der Waals surface area contributed by atoms with Crippen LogP contribution in [0.2, 0.25) is 0 Å². The van der Waals surface area contributed by atoms with Crippen molar-refractivity contribution in [2.45, 2.75) is 13.8 Å². The summed E-state index contributed by atoms with van der Waals surface area (Å²) in [5, 5.41) is 11.3. The molecule has 0 atom stereocenters. The van der Waals surface area contributed by atoms with E-state index >= 15 is 0 Å². The molecule has 2 N–H and O–H groups in total. The summed E-state index contributed by atoms with van der Waals surface area (Å²) in [5.41, 5.74) is 3.13. The van der Waals surface area contributed by atoms with Gasteiger partial charge in [-0.25, -0.2) is 0 Å². The topological polar surface area (TPSA) is 49.3 Å². The number of carboxylic acid groups (broad SMARTS) is 1. The summed E-state index contributed by atoms with van der Waals surface area (Å²) in [5.74, 6) is -0.848. The van der Waals surface area contributed by atoms with Crippen LogP contribution in [0.3, 0.4) is 0 Å². The second-order valence-electron chi connectivity index (χ2n) is 3.12. The first kappa shape index (κ1) is 9.58. The Labute approximate surface area is 77.4 Å². The van der Waals surface area contributed by atoms with Crippen molar-refractivity contribution >= 4 is 11.7 Å². The van der Waals surface area contributed by atoms with Crippen LogP contribution in [-0.2, 0) is 4.79 Å². The number of carboxylic acids is 1. The Balaban J connectivity index is 2.71. The minimum absolute atomic E-state index is 0.0388. The average molecular weight is 179 g/mol. The molecule has 3 nitrogen and oxygen atoms in total. The van der Waals surface area contributed by atoms with Gasteiger partial charge in [0.2, 0.25) is 0 Å². The van der Waals surface area contributed by atoms with Crippen LogP contribution in [0.5, 0.6) is 0 Å². The Bertz CT molecular complexity index is 300. The lowest BCUT2D eigenvalue weighted by Gasteiger charge is -2.05. The highest BCUT2D eigenvalue weighted by molar-refractivity contribution is 5.72. The van der Waals surface area contributed by atoms with Gasteiger partial charge in [0, 0.05) is 5.69 Å². The highest BCUT2D eigenvalue weighted by Gasteiger charge is 1.98. The van der Waals surface area contributed by atoms with E-state index in [2.05, 4.69) is 5.32 Å². The van der Waals surface area contributed by atoms with Gasteiger partial charge in [-0.3, -0.25) is 4.79 Å². The van der Waals surface area contributed by atoms with E-state index in [1.165, 1.54) is 0 Å². The average Bonchev–Trinajstić information content (AvgIpc) is 1.99. The van der Waals surface area contributed by atoms with E-state index in [1.54, 1.807) is 0 Å². The monoisotopic (exact) mass is 179 g/mol. The van der Waals surface area contributed by atoms with Crippen molar-refractivity contribution < 1.29 is 9.90 Å².